The van der Waals surface area contributed by atoms with Crippen LogP contribution in [0, 0.1) is 11.8 Å². The second-order valence-electron chi connectivity index (χ2n) is 6.98. The molecule has 1 aromatic heterocycles. The van der Waals surface area contributed by atoms with Gasteiger partial charge in [0.2, 0.25) is 5.91 Å². The van der Waals surface area contributed by atoms with Gasteiger partial charge in [0.25, 0.3) is 0 Å². The van der Waals surface area contributed by atoms with Crippen LogP contribution in [0.5, 0.6) is 0 Å². The summed E-state index contributed by atoms with van der Waals surface area (Å²) in [5, 5.41) is 10.5. The molecule has 0 spiro atoms. The molecule has 3 unspecified atom stereocenters. The van der Waals surface area contributed by atoms with Crippen LogP contribution in [0.25, 0.3) is 0 Å². The number of rotatable bonds is 4. The molecule has 4 rings (SSSR count). The topological polar surface area (TPSA) is 53.7 Å². The lowest BCUT2D eigenvalue weighted by Crippen LogP contribution is -2.40. The van der Waals surface area contributed by atoms with Gasteiger partial charge >= 0.3 is 0 Å². The summed E-state index contributed by atoms with van der Waals surface area (Å²) in [5.41, 5.74) is 0.974. The molecule has 126 valence electrons. The first-order valence-electron chi connectivity index (χ1n) is 8.79. The van der Waals surface area contributed by atoms with Gasteiger partial charge in [-0.05, 0) is 42.9 Å². The highest BCUT2D eigenvalue weighted by Gasteiger charge is 2.48. The zero-order chi connectivity index (χ0) is 16.5. The van der Waals surface area contributed by atoms with Gasteiger partial charge < -0.3 is 14.4 Å². The first-order chi connectivity index (χ1) is 11.7. The number of furan rings is 1. The smallest absolute Gasteiger partial charge is 0.226 e. The van der Waals surface area contributed by atoms with Crippen molar-refractivity contribution < 1.29 is 14.3 Å². The molecule has 1 N–H and O–H groups in total. The summed E-state index contributed by atoms with van der Waals surface area (Å²) in [5.74, 6) is 1.77. The quantitative estimate of drug-likeness (QED) is 0.938. The summed E-state index contributed by atoms with van der Waals surface area (Å²) in [6.07, 6.45) is 3.87. The average Bonchev–Trinajstić information content (AvgIpc) is 3.26. The number of likely N-dealkylation sites (tertiary alicyclic amines) is 1. The van der Waals surface area contributed by atoms with Gasteiger partial charge in [-0.3, -0.25) is 4.79 Å². The average molecular weight is 325 g/mol. The molecule has 1 saturated heterocycles. The molecule has 1 amide bonds. The minimum atomic E-state index is -0.430. The number of hydrogen-bond donors (Lipinski definition) is 1. The van der Waals surface area contributed by atoms with Gasteiger partial charge in [-0.15, -0.1) is 0 Å². The van der Waals surface area contributed by atoms with Crippen LogP contribution in [0.2, 0.25) is 0 Å². The van der Waals surface area contributed by atoms with Crippen molar-refractivity contribution in [2.24, 2.45) is 11.8 Å². The highest BCUT2D eigenvalue weighted by Crippen LogP contribution is 2.49. The van der Waals surface area contributed by atoms with Crippen LogP contribution in [0.1, 0.15) is 42.6 Å². The second-order valence-corrected chi connectivity index (χ2v) is 6.98. The fraction of sp³-hybridized carbons (Fsp3) is 0.450. The van der Waals surface area contributed by atoms with E-state index in [4.69, 9.17) is 4.42 Å². The monoisotopic (exact) mass is 325 g/mol. The summed E-state index contributed by atoms with van der Waals surface area (Å²) in [6, 6.07) is 13.7. The van der Waals surface area contributed by atoms with Crippen LogP contribution in [0.15, 0.2) is 53.1 Å². The third kappa shape index (κ3) is 2.98. The summed E-state index contributed by atoms with van der Waals surface area (Å²) >= 11 is 0. The molecule has 1 aliphatic heterocycles. The first-order valence-corrected chi connectivity index (χ1v) is 8.79. The third-order valence-electron chi connectivity index (χ3n) is 5.46. The Hall–Kier alpha value is -2.07. The Bertz CT molecular complexity index is 674. The van der Waals surface area contributed by atoms with Crippen LogP contribution in [-0.4, -0.2) is 29.0 Å². The van der Waals surface area contributed by atoms with Crippen LogP contribution >= 0.6 is 0 Å². The van der Waals surface area contributed by atoms with Crippen molar-refractivity contribution in [3.8, 4) is 0 Å². The van der Waals surface area contributed by atoms with Crippen LogP contribution in [0.3, 0.4) is 0 Å². The number of nitrogens with zero attached hydrogens (tertiary/aromatic N) is 1. The van der Waals surface area contributed by atoms with Crippen LogP contribution < -0.4 is 0 Å². The van der Waals surface area contributed by atoms with Crippen molar-refractivity contribution in [3.63, 3.8) is 0 Å². The number of carbonyl (C=O) groups excluding carboxylic acids is 1. The molecular weight excluding hydrogens is 302 g/mol. The minimum Gasteiger partial charge on any atom is -0.469 e. The number of hydrogen-bond acceptors (Lipinski definition) is 3. The molecule has 1 aliphatic carbocycles. The van der Waals surface area contributed by atoms with E-state index < -0.39 is 6.10 Å². The van der Waals surface area contributed by atoms with Crippen molar-refractivity contribution in [1.29, 1.82) is 0 Å². The Morgan fingerprint density at radius 1 is 1.12 bits per heavy atom. The maximum atomic E-state index is 12.6. The SMILES string of the molecule is O=C(C1CC1c1ccco1)N1CCC(C(O)c2ccccc2)CC1. The third-order valence-corrected chi connectivity index (χ3v) is 5.46. The molecule has 2 aromatic rings. The Morgan fingerprint density at radius 2 is 1.88 bits per heavy atom. The summed E-state index contributed by atoms with van der Waals surface area (Å²) in [4.78, 5) is 14.6. The largest absolute Gasteiger partial charge is 0.469 e. The molecule has 2 aliphatic rings. The van der Waals surface area contributed by atoms with Gasteiger partial charge in [-0.1, -0.05) is 30.3 Å². The summed E-state index contributed by atoms with van der Waals surface area (Å²) in [7, 11) is 0. The van der Waals surface area contributed by atoms with Crippen LogP contribution in [-0.2, 0) is 4.79 Å². The second kappa shape index (κ2) is 6.44. The predicted molar refractivity (Wildman–Crippen MR) is 90.3 cm³/mol. The van der Waals surface area contributed by atoms with E-state index in [1.54, 1.807) is 6.26 Å². The standard InChI is InChI=1S/C20H23NO3/c22-19(14-5-2-1-3-6-14)15-8-10-21(11-9-15)20(23)17-13-16(17)18-7-4-12-24-18/h1-7,12,15-17,19,22H,8-11,13H2. The molecule has 4 heteroatoms. The first kappa shape index (κ1) is 15.5. The van der Waals surface area contributed by atoms with Gasteiger partial charge in [0.05, 0.1) is 12.4 Å². The van der Waals surface area contributed by atoms with Gasteiger partial charge in [-0.25, -0.2) is 0 Å². The van der Waals surface area contributed by atoms with Crippen molar-refractivity contribution >= 4 is 5.91 Å². The van der Waals surface area contributed by atoms with Crippen molar-refractivity contribution in [1.82, 2.24) is 4.90 Å². The molecule has 1 saturated carbocycles. The summed E-state index contributed by atoms with van der Waals surface area (Å²) < 4.78 is 5.42. The van der Waals surface area contributed by atoms with Crippen molar-refractivity contribution in [3.05, 3.63) is 60.1 Å². The molecule has 1 aromatic carbocycles. The normalized spacial score (nSPS) is 25.5. The van der Waals surface area contributed by atoms with Gasteiger partial charge in [0.1, 0.15) is 5.76 Å². The van der Waals surface area contributed by atoms with E-state index in [1.165, 1.54) is 0 Å². The van der Waals surface area contributed by atoms with E-state index in [-0.39, 0.29) is 23.7 Å². The number of benzene rings is 1. The lowest BCUT2D eigenvalue weighted by Gasteiger charge is -2.34. The molecule has 0 bridgehead atoms. The lowest BCUT2D eigenvalue weighted by atomic mass is 9.87. The van der Waals surface area contributed by atoms with Gasteiger partial charge in [0, 0.05) is 24.9 Å². The zero-order valence-corrected chi connectivity index (χ0v) is 13.7. The highest BCUT2D eigenvalue weighted by molar-refractivity contribution is 5.82. The minimum absolute atomic E-state index is 0.0896. The van der Waals surface area contributed by atoms with Gasteiger partial charge in [0.15, 0.2) is 0 Å². The van der Waals surface area contributed by atoms with E-state index in [0.29, 0.717) is 0 Å². The van der Waals surface area contributed by atoms with Crippen molar-refractivity contribution in [2.45, 2.75) is 31.3 Å². The predicted octanol–water partition coefficient (Wildman–Crippen LogP) is 3.36. The highest BCUT2D eigenvalue weighted by atomic mass is 16.3. The maximum Gasteiger partial charge on any atom is 0.226 e. The fourth-order valence-corrected chi connectivity index (χ4v) is 3.88. The molecule has 4 nitrogen and oxygen atoms in total. The maximum absolute atomic E-state index is 12.6. The molecular formula is C20H23NO3. The molecule has 2 fully saturated rings. The van der Waals surface area contributed by atoms with E-state index in [2.05, 4.69) is 0 Å². The molecule has 0 radical (unpaired) electrons. The lowest BCUT2D eigenvalue weighted by molar-refractivity contribution is -0.134. The van der Waals surface area contributed by atoms with Gasteiger partial charge in [-0.2, -0.15) is 0 Å². The number of amides is 1. The van der Waals surface area contributed by atoms with E-state index in [9.17, 15) is 9.90 Å². The van der Waals surface area contributed by atoms with E-state index in [0.717, 1.165) is 43.7 Å². The molecule has 3 atom stereocenters. The Kier molecular flexibility index (Phi) is 4.15. The van der Waals surface area contributed by atoms with E-state index >= 15 is 0 Å². The number of aliphatic hydroxyl groups excluding tert-OH is 1. The Balaban J connectivity index is 1.31. The Labute approximate surface area is 142 Å². The zero-order valence-electron chi connectivity index (χ0n) is 13.7. The summed E-state index contributed by atoms with van der Waals surface area (Å²) in [6.45, 7) is 1.49. The number of piperidine rings is 1. The fourth-order valence-electron chi connectivity index (χ4n) is 3.88. The molecule has 24 heavy (non-hydrogen) atoms. The number of aliphatic hydroxyl groups is 1. The Morgan fingerprint density at radius 3 is 2.54 bits per heavy atom. The van der Waals surface area contributed by atoms with Crippen molar-refractivity contribution in [2.75, 3.05) is 13.1 Å². The number of carbonyl (C=O) groups is 1. The van der Waals surface area contributed by atoms with E-state index in [1.807, 2.05) is 47.4 Å². The molecule has 2 heterocycles. The van der Waals surface area contributed by atoms with Crippen LogP contribution in [0.4, 0.5) is 0 Å².